The predicted octanol–water partition coefficient (Wildman–Crippen LogP) is 1.80. The van der Waals surface area contributed by atoms with E-state index in [2.05, 4.69) is 5.32 Å². The average Bonchev–Trinajstić information content (AvgIpc) is 2.70. The fraction of sp³-hybridized carbons (Fsp3) is 0.500. The molecule has 3 rings (SSSR count). The van der Waals surface area contributed by atoms with E-state index >= 15 is 0 Å². The van der Waals surface area contributed by atoms with Gasteiger partial charge < -0.3 is 24.4 Å². The maximum atomic E-state index is 12.1. The van der Waals surface area contributed by atoms with Crippen LogP contribution >= 0.6 is 0 Å². The number of carbonyl (C=O) groups excluding carboxylic acids is 2. The average molecular weight is 400 g/mol. The van der Waals surface area contributed by atoms with Crippen molar-refractivity contribution < 1.29 is 23.8 Å². The highest BCUT2D eigenvalue weighted by Crippen LogP contribution is 2.28. The Balaban J connectivity index is 1.50. The smallest absolute Gasteiger partial charge is 0.336 e. The summed E-state index contributed by atoms with van der Waals surface area (Å²) in [4.78, 5) is 34.7. The highest BCUT2D eigenvalue weighted by atomic mass is 16.5. The number of carbonyl (C=O) groups is 2. The summed E-state index contributed by atoms with van der Waals surface area (Å²) in [6.07, 6.45) is 4.44. The van der Waals surface area contributed by atoms with Crippen molar-refractivity contribution in [2.24, 2.45) is 11.8 Å². The molecule has 0 spiro atoms. The number of amides is 1. The molecule has 2 aromatic rings. The number of aryl methyl sites for hydroxylation is 1. The first-order valence-electron chi connectivity index (χ1n) is 10.1. The molecule has 1 aromatic carbocycles. The Kier molecular flexibility index (Phi) is 6.90. The second-order valence-corrected chi connectivity index (χ2v) is 7.63. The topological polar surface area (TPSA) is 109 Å². The Morgan fingerprint density at radius 3 is 2.66 bits per heavy atom. The molecule has 1 aliphatic carbocycles. The number of carboxylic acids is 1. The molecule has 0 bridgehead atoms. The van der Waals surface area contributed by atoms with Crippen LogP contribution in [0.3, 0.4) is 0 Å². The summed E-state index contributed by atoms with van der Waals surface area (Å²) >= 11 is 0. The Morgan fingerprint density at radius 1 is 1.21 bits per heavy atom. The van der Waals surface area contributed by atoms with Gasteiger partial charge in [-0.3, -0.25) is 4.79 Å². The van der Waals surface area contributed by atoms with Crippen molar-refractivity contribution in [3.63, 3.8) is 0 Å². The van der Waals surface area contributed by atoms with E-state index in [-0.39, 0.29) is 24.3 Å². The highest BCUT2D eigenvalue weighted by Gasteiger charge is 2.22. The van der Waals surface area contributed by atoms with E-state index in [9.17, 15) is 19.5 Å². The van der Waals surface area contributed by atoms with Gasteiger partial charge in [-0.2, -0.15) is 0 Å². The van der Waals surface area contributed by atoms with Gasteiger partial charge in [0, 0.05) is 30.0 Å². The van der Waals surface area contributed by atoms with Gasteiger partial charge >= 0.3 is 5.63 Å². The van der Waals surface area contributed by atoms with Gasteiger partial charge in [0.25, 0.3) is 5.91 Å². The number of fused-ring (bicyclic) bond motifs is 1. The number of carboxylic acid groups (broad SMARTS) is 1. The summed E-state index contributed by atoms with van der Waals surface area (Å²) in [6.45, 7) is 2.42. The van der Waals surface area contributed by atoms with Crippen LogP contribution in [-0.2, 0) is 16.0 Å². The van der Waals surface area contributed by atoms with Crippen molar-refractivity contribution >= 4 is 22.8 Å². The summed E-state index contributed by atoms with van der Waals surface area (Å²) in [7, 11) is 0. The molecule has 0 atom stereocenters. The van der Waals surface area contributed by atoms with Gasteiger partial charge in [0.15, 0.2) is 6.61 Å². The molecule has 0 saturated heterocycles. The lowest BCUT2D eigenvalue weighted by Crippen LogP contribution is -2.37. The molecule has 0 unspecified atom stereocenters. The second-order valence-electron chi connectivity index (χ2n) is 7.63. The number of nitrogens with one attached hydrogen (secondary N) is 1. The lowest BCUT2D eigenvalue weighted by molar-refractivity contribution is -0.312. The monoisotopic (exact) mass is 400 g/mol. The Morgan fingerprint density at radius 2 is 1.97 bits per heavy atom. The minimum atomic E-state index is -0.978. The Labute approximate surface area is 169 Å². The van der Waals surface area contributed by atoms with Gasteiger partial charge in [-0.1, -0.05) is 13.3 Å². The fourth-order valence-electron chi connectivity index (χ4n) is 3.84. The maximum absolute atomic E-state index is 12.1. The molecule has 1 fully saturated rings. The lowest BCUT2D eigenvalue weighted by atomic mass is 9.82. The summed E-state index contributed by atoms with van der Waals surface area (Å²) in [5.41, 5.74) is 0.990. The van der Waals surface area contributed by atoms with Crippen molar-refractivity contribution in [1.29, 1.82) is 0 Å². The number of benzene rings is 1. The van der Waals surface area contributed by atoms with Crippen LogP contribution < -0.4 is 20.8 Å². The van der Waals surface area contributed by atoms with Crippen LogP contribution in [0.1, 0.15) is 44.6 Å². The van der Waals surface area contributed by atoms with Crippen LogP contribution in [0.2, 0.25) is 0 Å². The summed E-state index contributed by atoms with van der Waals surface area (Å²) in [5, 5.41) is 14.6. The largest absolute Gasteiger partial charge is 0.550 e. The SMILES string of the molecule is CCCc1cc(=O)oc2cc(OCC(=O)NCC3CCC(C(=O)[O-])CC3)ccc12. The molecular weight excluding hydrogens is 374 g/mol. The molecule has 1 saturated carbocycles. The van der Waals surface area contributed by atoms with Crippen molar-refractivity contribution in [3.8, 4) is 5.75 Å². The Hall–Kier alpha value is -2.83. The summed E-state index contributed by atoms with van der Waals surface area (Å²) in [5.74, 6) is -0.848. The molecular formula is C22H26NO6-. The third-order valence-electron chi connectivity index (χ3n) is 5.46. The van der Waals surface area contributed by atoms with Crippen molar-refractivity contribution in [2.45, 2.75) is 45.4 Å². The number of ether oxygens (including phenoxy) is 1. The molecule has 1 aromatic heterocycles. The standard InChI is InChI=1S/C22H27NO6/c1-2-3-16-10-21(25)29-19-11-17(8-9-18(16)19)28-13-20(24)23-12-14-4-6-15(7-5-14)22(26)27/h8-11,14-15H,2-7,12-13H2,1H3,(H,23,24)(H,26,27)/p-1. The molecule has 7 heteroatoms. The third kappa shape index (κ3) is 5.59. The van der Waals surface area contributed by atoms with E-state index in [0.717, 1.165) is 36.6 Å². The van der Waals surface area contributed by atoms with E-state index < -0.39 is 11.6 Å². The van der Waals surface area contributed by atoms with E-state index in [1.165, 1.54) is 6.07 Å². The highest BCUT2D eigenvalue weighted by molar-refractivity contribution is 5.82. The van der Waals surface area contributed by atoms with E-state index in [4.69, 9.17) is 9.15 Å². The second kappa shape index (κ2) is 9.58. The van der Waals surface area contributed by atoms with Gasteiger partial charge in [-0.25, -0.2) is 4.79 Å². The molecule has 29 heavy (non-hydrogen) atoms. The number of aliphatic carboxylic acids is 1. The quantitative estimate of drug-likeness (QED) is 0.677. The zero-order valence-corrected chi connectivity index (χ0v) is 16.6. The summed E-state index contributed by atoms with van der Waals surface area (Å²) < 4.78 is 10.8. The molecule has 0 aliphatic heterocycles. The van der Waals surface area contributed by atoms with Gasteiger partial charge in [-0.05, 0) is 61.6 Å². The molecule has 1 N–H and O–H groups in total. The lowest BCUT2D eigenvalue weighted by Gasteiger charge is -2.29. The minimum Gasteiger partial charge on any atom is -0.550 e. The zero-order chi connectivity index (χ0) is 20.8. The predicted molar refractivity (Wildman–Crippen MR) is 105 cm³/mol. The third-order valence-corrected chi connectivity index (χ3v) is 5.46. The van der Waals surface area contributed by atoms with Crippen LogP contribution in [0, 0.1) is 11.8 Å². The Bertz CT molecular complexity index is 927. The maximum Gasteiger partial charge on any atom is 0.336 e. The van der Waals surface area contributed by atoms with Crippen LogP contribution in [0.4, 0.5) is 0 Å². The van der Waals surface area contributed by atoms with Crippen molar-refractivity contribution in [3.05, 3.63) is 40.2 Å². The van der Waals surface area contributed by atoms with Crippen molar-refractivity contribution in [2.75, 3.05) is 13.2 Å². The first kappa shape index (κ1) is 20.9. The number of hydrogen-bond donors (Lipinski definition) is 1. The van der Waals surface area contributed by atoms with E-state index in [1.54, 1.807) is 12.1 Å². The molecule has 1 heterocycles. The van der Waals surface area contributed by atoms with Crippen LogP contribution in [0.5, 0.6) is 5.75 Å². The first-order chi connectivity index (χ1) is 14.0. The van der Waals surface area contributed by atoms with Crippen LogP contribution in [0.25, 0.3) is 11.0 Å². The molecule has 1 aliphatic rings. The first-order valence-corrected chi connectivity index (χ1v) is 10.1. The van der Waals surface area contributed by atoms with E-state index in [1.807, 2.05) is 13.0 Å². The molecule has 7 nitrogen and oxygen atoms in total. The van der Waals surface area contributed by atoms with Gasteiger partial charge in [0.05, 0.1) is 0 Å². The summed E-state index contributed by atoms with van der Waals surface area (Å²) in [6, 6.07) is 6.74. The van der Waals surface area contributed by atoms with Gasteiger partial charge in [0.2, 0.25) is 0 Å². The minimum absolute atomic E-state index is 0.140. The fourth-order valence-corrected chi connectivity index (χ4v) is 3.84. The normalized spacial score (nSPS) is 19.1. The zero-order valence-electron chi connectivity index (χ0n) is 16.6. The number of hydrogen-bond acceptors (Lipinski definition) is 6. The van der Waals surface area contributed by atoms with Crippen molar-refractivity contribution in [1.82, 2.24) is 5.32 Å². The van der Waals surface area contributed by atoms with Crippen LogP contribution in [-0.4, -0.2) is 25.0 Å². The van der Waals surface area contributed by atoms with Gasteiger partial charge in [0.1, 0.15) is 11.3 Å². The van der Waals surface area contributed by atoms with E-state index in [0.29, 0.717) is 30.7 Å². The van der Waals surface area contributed by atoms with Crippen LogP contribution in [0.15, 0.2) is 33.5 Å². The molecule has 0 radical (unpaired) electrons. The number of rotatable bonds is 8. The molecule has 156 valence electrons. The van der Waals surface area contributed by atoms with Gasteiger partial charge in [-0.15, -0.1) is 0 Å². The molecule has 1 amide bonds.